The van der Waals surface area contributed by atoms with E-state index in [1.54, 1.807) is 19.0 Å². The van der Waals surface area contributed by atoms with Crippen LogP contribution in [0.1, 0.15) is 0 Å². The summed E-state index contributed by atoms with van der Waals surface area (Å²) in [4.78, 5) is 9.32. The molecule has 0 atom stereocenters. The van der Waals surface area contributed by atoms with Gasteiger partial charge in [-0.2, -0.15) is 4.98 Å². The SMILES string of the molecule is CN(C)c1ncc(S(C)(=O)=O)c(N)n1. The molecular weight excluding hydrogens is 204 g/mol. The van der Waals surface area contributed by atoms with E-state index in [-0.39, 0.29) is 10.7 Å². The van der Waals surface area contributed by atoms with Crippen molar-refractivity contribution in [3.63, 3.8) is 0 Å². The lowest BCUT2D eigenvalue weighted by Gasteiger charge is -2.10. The Morgan fingerprint density at radius 3 is 2.36 bits per heavy atom. The molecule has 0 aliphatic heterocycles. The van der Waals surface area contributed by atoms with E-state index in [0.29, 0.717) is 5.95 Å². The molecule has 0 spiro atoms. The molecule has 0 fully saturated rings. The van der Waals surface area contributed by atoms with Gasteiger partial charge in [-0.05, 0) is 0 Å². The molecule has 0 saturated carbocycles. The molecule has 1 rings (SSSR count). The smallest absolute Gasteiger partial charge is 0.226 e. The second-order valence-corrected chi connectivity index (χ2v) is 5.07. The number of aromatic nitrogens is 2. The van der Waals surface area contributed by atoms with Gasteiger partial charge in [-0.15, -0.1) is 0 Å². The van der Waals surface area contributed by atoms with Gasteiger partial charge in [0.05, 0.1) is 6.20 Å². The first-order valence-electron chi connectivity index (χ1n) is 3.82. The predicted molar refractivity (Wildman–Crippen MR) is 53.9 cm³/mol. The molecule has 0 amide bonds. The lowest BCUT2D eigenvalue weighted by molar-refractivity contribution is 0.601. The number of rotatable bonds is 2. The Morgan fingerprint density at radius 2 is 2.00 bits per heavy atom. The molecule has 0 aliphatic rings. The maximum absolute atomic E-state index is 11.2. The van der Waals surface area contributed by atoms with Gasteiger partial charge in [-0.1, -0.05) is 0 Å². The zero-order chi connectivity index (χ0) is 10.9. The summed E-state index contributed by atoms with van der Waals surface area (Å²) in [5, 5.41) is 0. The first-order valence-corrected chi connectivity index (χ1v) is 5.71. The number of sulfone groups is 1. The largest absolute Gasteiger partial charge is 0.382 e. The first kappa shape index (κ1) is 10.7. The minimum absolute atomic E-state index is 0.0220. The lowest BCUT2D eigenvalue weighted by atomic mass is 10.6. The van der Waals surface area contributed by atoms with Gasteiger partial charge in [0, 0.05) is 20.4 Å². The van der Waals surface area contributed by atoms with Gasteiger partial charge in [-0.3, -0.25) is 0 Å². The summed E-state index contributed by atoms with van der Waals surface area (Å²) in [6, 6.07) is 0. The Labute approximate surface area is 82.7 Å². The summed E-state index contributed by atoms with van der Waals surface area (Å²) < 4.78 is 22.3. The van der Waals surface area contributed by atoms with Crippen LogP contribution in [0.3, 0.4) is 0 Å². The molecule has 7 heteroatoms. The fourth-order valence-electron chi connectivity index (χ4n) is 0.875. The van der Waals surface area contributed by atoms with Crippen LogP contribution < -0.4 is 10.6 Å². The van der Waals surface area contributed by atoms with E-state index in [4.69, 9.17) is 5.73 Å². The average molecular weight is 216 g/mol. The highest BCUT2D eigenvalue weighted by Gasteiger charge is 2.14. The Bertz CT molecular complexity index is 441. The minimum atomic E-state index is -3.34. The van der Waals surface area contributed by atoms with Crippen LogP contribution in [0.15, 0.2) is 11.1 Å². The maximum Gasteiger partial charge on any atom is 0.226 e. The third kappa shape index (κ3) is 2.11. The van der Waals surface area contributed by atoms with Crippen molar-refractivity contribution in [3.8, 4) is 0 Å². The molecule has 14 heavy (non-hydrogen) atoms. The molecule has 2 N–H and O–H groups in total. The van der Waals surface area contributed by atoms with Crippen molar-refractivity contribution in [2.45, 2.75) is 4.90 Å². The van der Waals surface area contributed by atoms with Crippen molar-refractivity contribution >= 4 is 21.6 Å². The highest BCUT2D eigenvalue weighted by atomic mass is 32.2. The third-order valence-electron chi connectivity index (χ3n) is 1.57. The summed E-state index contributed by atoms with van der Waals surface area (Å²) in [7, 11) is 0.145. The molecule has 0 unspecified atom stereocenters. The van der Waals surface area contributed by atoms with Crippen LogP contribution in [0.4, 0.5) is 11.8 Å². The van der Waals surface area contributed by atoms with Gasteiger partial charge in [0.2, 0.25) is 5.95 Å². The Morgan fingerprint density at radius 1 is 1.43 bits per heavy atom. The van der Waals surface area contributed by atoms with Crippen LogP contribution in [0.5, 0.6) is 0 Å². The Kier molecular flexibility index (Phi) is 2.61. The van der Waals surface area contributed by atoms with E-state index in [1.807, 2.05) is 0 Å². The molecule has 1 aromatic rings. The molecule has 1 heterocycles. The zero-order valence-electron chi connectivity index (χ0n) is 8.22. The maximum atomic E-state index is 11.2. The molecule has 0 aliphatic carbocycles. The number of anilines is 2. The van der Waals surface area contributed by atoms with Gasteiger partial charge in [-0.25, -0.2) is 13.4 Å². The van der Waals surface area contributed by atoms with Crippen LogP contribution in [-0.4, -0.2) is 38.7 Å². The van der Waals surface area contributed by atoms with E-state index >= 15 is 0 Å². The quantitative estimate of drug-likeness (QED) is 0.718. The van der Waals surface area contributed by atoms with Crippen LogP contribution >= 0.6 is 0 Å². The monoisotopic (exact) mass is 216 g/mol. The summed E-state index contributed by atoms with van der Waals surface area (Å²) in [6.07, 6.45) is 2.28. The molecule has 0 aromatic carbocycles. The van der Waals surface area contributed by atoms with Crippen LogP contribution in [0.2, 0.25) is 0 Å². The van der Waals surface area contributed by atoms with E-state index in [9.17, 15) is 8.42 Å². The molecule has 1 aromatic heterocycles. The van der Waals surface area contributed by atoms with Gasteiger partial charge in [0.15, 0.2) is 9.84 Å². The van der Waals surface area contributed by atoms with Crippen molar-refractivity contribution < 1.29 is 8.42 Å². The van der Waals surface area contributed by atoms with Gasteiger partial charge in [0.1, 0.15) is 10.7 Å². The molecule has 0 radical (unpaired) electrons. The molecule has 0 saturated heterocycles. The minimum Gasteiger partial charge on any atom is -0.382 e. The van der Waals surface area contributed by atoms with Crippen molar-refractivity contribution in [2.24, 2.45) is 0 Å². The standard InChI is InChI=1S/C7H12N4O2S/c1-11(2)7-9-4-5(6(8)10-7)14(3,12)13/h4H,1-3H3,(H2,8,9,10). The predicted octanol–water partition coefficient (Wildman–Crippen LogP) is -0.472. The van der Waals surface area contributed by atoms with Crippen LogP contribution in [0.25, 0.3) is 0 Å². The average Bonchev–Trinajstić information content (AvgIpc) is 2.01. The molecule has 6 nitrogen and oxygen atoms in total. The van der Waals surface area contributed by atoms with Gasteiger partial charge in [0.25, 0.3) is 0 Å². The molecular formula is C7H12N4O2S. The van der Waals surface area contributed by atoms with Crippen LogP contribution in [-0.2, 0) is 9.84 Å². The highest BCUT2D eigenvalue weighted by molar-refractivity contribution is 7.90. The van der Waals surface area contributed by atoms with Crippen molar-refractivity contribution in [1.82, 2.24) is 9.97 Å². The fraction of sp³-hybridized carbons (Fsp3) is 0.429. The van der Waals surface area contributed by atoms with E-state index in [1.165, 1.54) is 6.20 Å². The van der Waals surface area contributed by atoms with E-state index in [2.05, 4.69) is 9.97 Å². The summed E-state index contributed by atoms with van der Waals surface area (Å²) >= 11 is 0. The van der Waals surface area contributed by atoms with E-state index < -0.39 is 9.84 Å². The van der Waals surface area contributed by atoms with Crippen LogP contribution in [0, 0.1) is 0 Å². The van der Waals surface area contributed by atoms with Gasteiger partial charge < -0.3 is 10.6 Å². The molecule has 78 valence electrons. The number of hydrogen-bond acceptors (Lipinski definition) is 6. The molecule has 0 bridgehead atoms. The Balaban J connectivity index is 3.28. The summed E-state index contributed by atoms with van der Waals surface area (Å²) in [6.45, 7) is 0. The van der Waals surface area contributed by atoms with Crippen molar-refractivity contribution in [3.05, 3.63) is 6.20 Å². The lowest BCUT2D eigenvalue weighted by Crippen LogP contribution is -2.15. The highest BCUT2D eigenvalue weighted by Crippen LogP contribution is 2.16. The zero-order valence-corrected chi connectivity index (χ0v) is 9.04. The number of hydrogen-bond donors (Lipinski definition) is 1. The fourth-order valence-corrected chi connectivity index (χ4v) is 1.55. The Hall–Kier alpha value is -1.37. The third-order valence-corrected chi connectivity index (χ3v) is 2.68. The van der Waals surface area contributed by atoms with Crippen molar-refractivity contribution in [1.29, 1.82) is 0 Å². The van der Waals surface area contributed by atoms with E-state index in [0.717, 1.165) is 6.26 Å². The topological polar surface area (TPSA) is 89.2 Å². The summed E-state index contributed by atoms with van der Waals surface area (Å²) in [5.74, 6) is 0.362. The number of nitrogens with two attached hydrogens (primary N) is 1. The number of nitrogens with zero attached hydrogens (tertiary/aromatic N) is 3. The second-order valence-electron chi connectivity index (χ2n) is 3.09. The normalized spacial score (nSPS) is 11.4. The first-order chi connectivity index (χ1) is 6.32. The second kappa shape index (κ2) is 3.41. The number of nitrogen functional groups attached to an aromatic ring is 1. The van der Waals surface area contributed by atoms with Gasteiger partial charge >= 0.3 is 0 Å². The van der Waals surface area contributed by atoms with Crippen molar-refractivity contribution in [2.75, 3.05) is 31.0 Å². The summed E-state index contributed by atoms with van der Waals surface area (Å²) in [5.41, 5.74) is 5.49.